The number of hydrogen-bond acceptors (Lipinski definition) is 4. The summed E-state index contributed by atoms with van der Waals surface area (Å²) in [7, 11) is 0. The maximum atomic E-state index is 9.75. The van der Waals surface area contributed by atoms with Crippen LogP contribution in [0.4, 0.5) is 5.69 Å². The van der Waals surface area contributed by atoms with Crippen LogP contribution < -0.4 is 5.43 Å². The highest BCUT2D eigenvalue weighted by Crippen LogP contribution is 2.26. The number of hydrogen-bond donors (Lipinski definition) is 3. The fourth-order valence-electron chi connectivity index (χ4n) is 1.53. The Morgan fingerprint density at radius 1 is 1.11 bits per heavy atom. The first-order valence-electron chi connectivity index (χ1n) is 5.40. The summed E-state index contributed by atoms with van der Waals surface area (Å²) in [5.41, 5.74) is 4.08. The van der Waals surface area contributed by atoms with Gasteiger partial charge in [-0.05, 0) is 17.7 Å². The topological polar surface area (TPSA) is 55.7 Å². The number of nitrogens with one attached hydrogen (secondary N) is 1. The van der Waals surface area contributed by atoms with Crippen molar-refractivity contribution in [2.75, 3.05) is 5.43 Å². The molecule has 2 aromatic rings. The van der Waals surface area contributed by atoms with Crippen LogP contribution in [0, 0.1) is 0 Å². The third-order valence-electron chi connectivity index (χ3n) is 2.37. The second-order valence-electron chi connectivity index (χ2n) is 3.82. The van der Waals surface area contributed by atoms with Crippen molar-refractivity contribution < 1.29 is 10.3 Å². The fraction of sp³-hybridized carbons (Fsp3) is 0.0769. The van der Waals surface area contributed by atoms with Crippen LogP contribution in [0.25, 0.3) is 0 Å². The molecule has 18 heavy (non-hydrogen) atoms. The largest absolute Gasteiger partial charge is 0.508 e. The first-order valence-corrected chi connectivity index (χ1v) is 5.78. The van der Waals surface area contributed by atoms with Crippen molar-refractivity contribution >= 4 is 17.3 Å². The fourth-order valence-corrected chi connectivity index (χ4v) is 1.69. The van der Waals surface area contributed by atoms with Crippen molar-refractivity contribution in [3.8, 4) is 5.75 Å². The third-order valence-corrected chi connectivity index (χ3v) is 2.70. The zero-order chi connectivity index (χ0) is 13.0. The second-order valence-corrected chi connectivity index (χ2v) is 4.23. The summed E-state index contributed by atoms with van der Waals surface area (Å²) in [4.78, 5) is 0. The SMILES string of the molecule is Oc1ccc(Cl)c(NN(O)Cc2ccccc2)c1. The maximum Gasteiger partial charge on any atom is 0.117 e. The lowest BCUT2D eigenvalue weighted by atomic mass is 10.2. The molecule has 0 aliphatic carbocycles. The monoisotopic (exact) mass is 264 g/mol. The normalized spacial score (nSPS) is 10.6. The highest BCUT2D eigenvalue weighted by atomic mass is 35.5. The molecule has 0 aliphatic rings. The smallest absolute Gasteiger partial charge is 0.117 e. The molecule has 2 rings (SSSR count). The van der Waals surface area contributed by atoms with Gasteiger partial charge >= 0.3 is 0 Å². The Labute approximate surface area is 110 Å². The lowest BCUT2D eigenvalue weighted by Gasteiger charge is -2.18. The molecular weight excluding hydrogens is 252 g/mol. The molecule has 3 N–H and O–H groups in total. The Morgan fingerprint density at radius 2 is 1.83 bits per heavy atom. The van der Waals surface area contributed by atoms with Gasteiger partial charge in [-0.3, -0.25) is 10.6 Å². The number of phenols is 1. The Bertz CT molecular complexity index is 520. The lowest BCUT2D eigenvalue weighted by Crippen LogP contribution is -2.25. The van der Waals surface area contributed by atoms with Gasteiger partial charge in [0, 0.05) is 6.07 Å². The lowest BCUT2D eigenvalue weighted by molar-refractivity contribution is -0.0742. The van der Waals surface area contributed by atoms with Gasteiger partial charge < -0.3 is 5.11 Å². The number of hydroxylamine groups is 1. The van der Waals surface area contributed by atoms with Gasteiger partial charge in [0.05, 0.1) is 17.3 Å². The maximum absolute atomic E-state index is 9.75. The van der Waals surface area contributed by atoms with Crippen LogP contribution in [0.3, 0.4) is 0 Å². The molecule has 2 aromatic carbocycles. The molecule has 0 heterocycles. The van der Waals surface area contributed by atoms with Crippen molar-refractivity contribution in [1.82, 2.24) is 5.17 Å². The molecule has 0 radical (unpaired) electrons. The predicted molar refractivity (Wildman–Crippen MR) is 70.5 cm³/mol. The van der Waals surface area contributed by atoms with E-state index in [-0.39, 0.29) is 5.75 Å². The standard InChI is InChI=1S/C13H13ClN2O2/c14-12-7-6-11(17)8-13(12)15-16(18)9-10-4-2-1-3-5-10/h1-8,15,17-18H,9H2. The van der Waals surface area contributed by atoms with E-state index >= 15 is 0 Å². The molecule has 5 heteroatoms. The number of hydrazine groups is 1. The van der Waals surface area contributed by atoms with Crippen molar-refractivity contribution in [2.24, 2.45) is 0 Å². The number of anilines is 1. The van der Waals surface area contributed by atoms with Crippen LogP contribution in [-0.2, 0) is 6.54 Å². The van der Waals surface area contributed by atoms with E-state index in [4.69, 9.17) is 11.6 Å². The van der Waals surface area contributed by atoms with Gasteiger partial charge in [-0.15, -0.1) is 5.17 Å². The van der Waals surface area contributed by atoms with E-state index in [9.17, 15) is 10.3 Å². The van der Waals surface area contributed by atoms with Gasteiger partial charge in [-0.1, -0.05) is 41.9 Å². The summed E-state index contributed by atoms with van der Waals surface area (Å²) < 4.78 is 0. The molecule has 0 atom stereocenters. The number of benzene rings is 2. The van der Waals surface area contributed by atoms with Crippen LogP contribution in [-0.4, -0.2) is 15.5 Å². The molecule has 0 saturated carbocycles. The minimum Gasteiger partial charge on any atom is -0.508 e. The number of rotatable bonds is 4. The van der Waals surface area contributed by atoms with E-state index in [1.54, 1.807) is 6.07 Å². The zero-order valence-corrected chi connectivity index (χ0v) is 10.3. The van der Waals surface area contributed by atoms with Crippen molar-refractivity contribution in [1.29, 1.82) is 0 Å². The van der Waals surface area contributed by atoms with E-state index < -0.39 is 0 Å². The molecule has 0 fully saturated rings. The van der Waals surface area contributed by atoms with Crippen molar-refractivity contribution in [2.45, 2.75) is 6.54 Å². The Balaban J connectivity index is 2.03. The van der Waals surface area contributed by atoms with Crippen molar-refractivity contribution in [3.63, 3.8) is 0 Å². The molecule has 0 aliphatic heterocycles. The van der Waals surface area contributed by atoms with Crippen LogP contribution in [0.15, 0.2) is 48.5 Å². The van der Waals surface area contributed by atoms with Crippen LogP contribution in [0.1, 0.15) is 5.56 Å². The van der Waals surface area contributed by atoms with Crippen molar-refractivity contribution in [3.05, 3.63) is 59.1 Å². The highest BCUT2D eigenvalue weighted by molar-refractivity contribution is 6.33. The number of aromatic hydroxyl groups is 1. The Hall–Kier alpha value is -1.75. The first-order chi connectivity index (χ1) is 8.65. The number of nitrogens with zero attached hydrogens (tertiary/aromatic N) is 1. The van der Waals surface area contributed by atoms with Gasteiger partial charge in [-0.25, -0.2) is 0 Å². The van der Waals surface area contributed by atoms with E-state index in [0.29, 0.717) is 17.3 Å². The van der Waals surface area contributed by atoms with Gasteiger partial charge in [-0.2, -0.15) is 0 Å². The van der Waals surface area contributed by atoms with Gasteiger partial charge in [0.15, 0.2) is 0 Å². The average molecular weight is 265 g/mol. The van der Waals surface area contributed by atoms with E-state index in [1.165, 1.54) is 12.1 Å². The van der Waals surface area contributed by atoms with Gasteiger partial charge in [0.2, 0.25) is 0 Å². The van der Waals surface area contributed by atoms with E-state index in [0.717, 1.165) is 10.7 Å². The van der Waals surface area contributed by atoms with E-state index in [2.05, 4.69) is 5.43 Å². The third kappa shape index (κ3) is 3.37. The van der Waals surface area contributed by atoms with Crippen LogP contribution >= 0.6 is 11.6 Å². The molecule has 0 spiro atoms. The molecule has 0 aromatic heterocycles. The summed E-state index contributed by atoms with van der Waals surface area (Å²) >= 11 is 5.93. The van der Waals surface area contributed by atoms with Gasteiger partial charge in [0.1, 0.15) is 5.75 Å². The first kappa shape index (κ1) is 12.7. The van der Waals surface area contributed by atoms with Crippen LogP contribution in [0.2, 0.25) is 5.02 Å². The summed E-state index contributed by atoms with van der Waals surface area (Å²) in [5, 5.41) is 20.4. The molecule has 0 saturated heterocycles. The highest BCUT2D eigenvalue weighted by Gasteiger charge is 2.06. The number of phenolic OH excluding ortho intramolecular Hbond substituents is 1. The number of halogens is 1. The van der Waals surface area contributed by atoms with E-state index in [1.807, 2.05) is 30.3 Å². The summed E-state index contributed by atoms with van der Waals surface area (Å²) in [6.45, 7) is 0.298. The quantitative estimate of drug-likeness (QED) is 0.742. The predicted octanol–water partition coefficient (Wildman–Crippen LogP) is 3.26. The molecular formula is C13H13ClN2O2. The Morgan fingerprint density at radius 3 is 2.56 bits per heavy atom. The summed E-state index contributed by atoms with van der Waals surface area (Å²) in [5.74, 6) is 0.0787. The molecule has 4 nitrogen and oxygen atoms in total. The summed E-state index contributed by atoms with van der Waals surface area (Å²) in [6, 6.07) is 14.0. The molecule has 94 valence electrons. The summed E-state index contributed by atoms with van der Waals surface area (Å²) in [6.07, 6.45) is 0. The molecule has 0 unspecified atom stereocenters. The molecule has 0 amide bonds. The van der Waals surface area contributed by atoms with Gasteiger partial charge in [0.25, 0.3) is 0 Å². The zero-order valence-electron chi connectivity index (χ0n) is 9.55. The molecule has 0 bridgehead atoms. The van der Waals surface area contributed by atoms with Crippen LogP contribution in [0.5, 0.6) is 5.75 Å². The Kier molecular flexibility index (Phi) is 4.04. The minimum absolute atomic E-state index is 0.0787. The minimum atomic E-state index is 0.0787. The second kappa shape index (κ2) is 5.73. The average Bonchev–Trinajstić information content (AvgIpc) is 2.35.